The second-order valence-corrected chi connectivity index (χ2v) is 4.88. The Bertz CT molecular complexity index is 200. The third-order valence-electron chi connectivity index (χ3n) is 3.01. The summed E-state index contributed by atoms with van der Waals surface area (Å²) < 4.78 is 0. The van der Waals surface area contributed by atoms with E-state index in [0.29, 0.717) is 12.5 Å². The van der Waals surface area contributed by atoms with Crippen molar-refractivity contribution in [2.45, 2.75) is 52.0 Å². The number of aliphatic carboxylic acids is 1. The van der Waals surface area contributed by atoms with Crippen LogP contribution in [0.25, 0.3) is 0 Å². The summed E-state index contributed by atoms with van der Waals surface area (Å²) in [6.45, 7) is 6.71. The Hall–Kier alpha value is -0.570. The van der Waals surface area contributed by atoms with E-state index in [-0.39, 0.29) is 0 Å². The molecule has 0 saturated heterocycles. The van der Waals surface area contributed by atoms with Gasteiger partial charge in [-0.2, -0.15) is 0 Å². The highest BCUT2D eigenvalue weighted by Crippen LogP contribution is 2.30. The molecule has 88 valence electrons. The summed E-state index contributed by atoms with van der Waals surface area (Å²) in [5, 5.41) is 8.53. The zero-order chi connectivity index (χ0) is 11.3. The third kappa shape index (κ3) is 5.78. The van der Waals surface area contributed by atoms with Gasteiger partial charge >= 0.3 is 5.97 Å². The fraction of sp³-hybridized carbons (Fsp3) is 0.917. The lowest BCUT2D eigenvalue weighted by Crippen LogP contribution is -2.33. The Morgan fingerprint density at radius 3 is 2.53 bits per heavy atom. The molecule has 1 N–H and O–H groups in total. The molecule has 0 aromatic carbocycles. The first kappa shape index (κ1) is 12.5. The number of hydrogen-bond donors (Lipinski definition) is 1. The first-order chi connectivity index (χ1) is 7.09. The van der Waals surface area contributed by atoms with E-state index >= 15 is 0 Å². The minimum Gasteiger partial charge on any atom is -0.481 e. The predicted molar refractivity (Wildman–Crippen MR) is 60.9 cm³/mol. The zero-order valence-electron chi connectivity index (χ0n) is 9.91. The highest BCUT2D eigenvalue weighted by Gasteiger charge is 2.24. The maximum absolute atomic E-state index is 10.4. The van der Waals surface area contributed by atoms with Crippen LogP contribution in [-0.2, 0) is 4.79 Å². The second-order valence-electron chi connectivity index (χ2n) is 4.88. The van der Waals surface area contributed by atoms with E-state index in [2.05, 4.69) is 18.7 Å². The summed E-state index contributed by atoms with van der Waals surface area (Å²) in [5.74, 6) is 0.250. The molecule has 0 bridgehead atoms. The lowest BCUT2D eigenvalue weighted by Gasteiger charge is -2.26. The van der Waals surface area contributed by atoms with Crippen LogP contribution in [0.15, 0.2) is 0 Å². The molecule has 0 radical (unpaired) electrons. The van der Waals surface area contributed by atoms with Crippen molar-refractivity contribution in [2.75, 3.05) is 13.1 Å². The van der Waals surface area contributed by atoms with Crippen LogP contribution in [0.2, 0.25) is 0 Å². The standard InChI is InChI=1S/C12H23NO2/c1-10(2)13(9-11-6-7-11)8-4-3-5-12(14)15/h10-11H,3-9H2,1-2H3,(H,14,15). The summed E-state index contributed by atoms with van der Waals surface area (Å²) in [6.07, 6.45) is 4.91. The minimum absolute atomic E-state index is 0.315. The molecule has 3 heteroatoms. The Balaban J connectivity index is 2.10. The molecule has 0 heterocycles. The van der Waals surface area contributed by atoms with Crippen LogP contribution in [0.1, 0.15) is 46.0 Å². The Kier molecular flexibility index (Phi) is 5.09. The first-order valence-electron chi connectivity index (χ1n) is 6.05. The Morgan fingerprint density at radius 2 is 2.07 bits per heavy atom. The molecule has 0 unspecified atom stereocenters. The normalized spacial score (nSPS) is 16.3. The number of nitrogens with zero attached hydrogens (tertiary/aromatic N) is 1. The quantitative estimate of drug-likeness (QED) is 0.629. The van der Waals surface area contributed by atoms with E-state index < -0.39 is 5.97 Å². The van der Waals surface area contributed by atoms with Crippen LogP contribution in [0, 0.1) is 5.92 Å². The van der Waals surface area contributed by atoms with Crippen LogP contribution in [0.5, 0.6) is 0 Å². The molecule has 0 spiro atoms. The van der Waals surface area contributed by atoms with E-state index in [0.717, 1.165) is 25.3 Å². The van der Waals surface area contributed by atoms with Crippen molar-refractivity contribution in [3.05, 3.63) is 0 Å². The number of hydrogen-bond acceptors (Lipinski definition) is 2. The van der Waals surface area contributed by atoms with Crippen molar-refractivity contribution < 1.29 is 9.90 Å². The summed E-state index contributed by atoms with van der Waals surface area (Å²) in [7, 11) is 0. The van der Waals surface area contributed by atoms with Crippen LogP contribution in [-0.4, -0.2) is 35.1 Å². The SMILES string of the molecule is CC(C)N(CCCCC(=O)O)CC1CC1. The highest BCUT2D eigenvalue weighted by molar-refractivity contribution is 5.66. The molecular weight excluding hydrogens is 190 g/mol. The van der Waals surface area contributed by atoms with Gasteiger partial charge in [-0.1, -0.05) is 0 Å². The average Bonchev–Trinajstić information content (AvgIpc) is 2.93. The van der Waals surface area contributed by atoms with E-state index in [4.69, 9.17) is 5.11 Å². The van der Waals surface area contributed by atoms with Gasteiger partial charge < -0.3 is 10.0 Å². The van der Waals surface area contributed by atoms with E-state index in [1.165, 1.54) is 19.4 Å². The summed E-state index contributed by atoms with van der Waals surface area (Å²) >= 11 is 0. The van der Waals surface area contributed by atoms with Crippen LogP contribution < -0.4 is 0 Å². The summed E-state index contributed by atoms with van der Waals surface area (Å²) in [5.41, 5.74) is 0. The van der Waals surface area contributed by atoms with E-state index in [9.17, 15) is 4.79 Å². The first-order valence-corrected chi connectivity index (χ1v) is 6.05. The van der Waals surface area contributed by atoms with Crippen LogP contribution >= 0.6 is 0 Å². The van der Waals surface area contributed by atoms with Crippen LogP contribution in [0.3, 0.4) is 0 Å². The maximum Gasteiger partial charge on any atom is 0.303 e. The lowest BCUT2D eigenvalue weighted by atomic mass is 10.2. The number of carboxylic acids is 1. The Labute approximate surface area is 92.5 Å². The van der Waals surface area contributed by atoms with Gasteiger partial charge in [-0.05, 0) is 52.0 Å². The molecule has 0 aliphatic heterocycles. The molecule has 1 aliphatic carbocycles. The number of carboxylic acid groups (broad SMARTS) is 1. The number of unbranched alkanes of at least 4 members (excludes halogenated alkanes) is 1. The van der Waals surface area contributed by atoms with Crippen molar-refractivity contribution in [1.29, 1.82) is 0 Å². The van der Waals surface area contributed by atoms with Gasteiger partial charge in [0.15, 0.2) is 0 Å². The van der Waals surface area contributed by atoms with E-state index in [1.807, 2.05) is 0 Å². The van der Waals surface area contributed by atoms with Crippen molar-refractivity contribution in [2.24, 2.45) is 5.92 Å². The Morgan fingerprint density at radius 1 is 1.40 bits per heavy atom. The van der Waals surface area contributed by atoms with Crippen molar-refractivity contribution in [3.8, 4) is 0 Å². The molecule has 0 amide bonds. The third-order valence-corrected chi connectivity index (χ3v) is 3.01. The van der Waals surface area contributed by atoms with Gasteiger partial charge in [-0.15, -0.1) is 0 Å². The molecular formula is C12H23NO2. The van der Waals surface area contributed by atoms with Crippen molar-refractivity contribution in [3.63, 3.8) is 0 Å². The molecule has 1 saturated carbocycles. The predicted octanol–water partition coefficient (Wildman–Crippen LogP) is 2.36. The molecule has 0 atom stereocenters. The summed E-state index contributed by atoms with van der Waals surface area (Å²) in [6, 6.07) is 0.593. The van der Waals surface area contributed by atoms with Gasteiger partial charge in [0, 0.05) is 19.0 Å². The fourth-order valence-corrected chi connectivity index (χ4v) is 1.78. The molecule has 1 fully saturated rings. The monoisotopic (exact) mass is 213 g/mol. The van der Waals surface area contributed by atoms with Gasteiger partial charge in [0.05, 0.1) is 0 Å². The smallest absolute Gasteiger partial charge is 0.303 e. The maximum atomic E-state index is 10.4. The number of rotatable bonds is 8. The average molecular weight is 213 g/mol. The van der Waals surface area contributed by atoms with Gasteiger partial charge in [-0.3, -0.25) is 4.79 Å². The lowest BCUT2D eigenvalue weighted by molar-refractivity contribution is -0.137. The molecule has 0 aromatic heterocycles. The second kappa shape index (κ2) is 6.11. The van der Waals surface area contributed by atoms with Crippen molar-refractivity contribution >= 4 is 5.97 Å². The number of carbonyl (C=O) groups is 1. The van der Waals surface area contributed by atoms with Crippen molar-refractivity contribution in [1.82, 2.24) is 4.90 Å². The molecule has 15 heavy (non-hydrogen) atoms. The van der Waals surface area contributed by atoms with Gasteiger partial charge in [0.25, 0.3) is 0 Å². The fourth-order valence-electron chi connectivity index (χ4n) is 1.78. The van der Waals surface area contributed by atoms with E-state index in [1.54, 1.807) is 0 Å². The largest absolute Gasteiger partial charge is 0.481 e. The zero-order valence-corrected chi connectivity index (χ0v) is 9.91. The van der Waals surface area contributed by atoms with Crippen LogP contribution in [0.4, 0.5) is 0 Å². The highest BCUT2D eigenvalue weighted by atomic mass is 16.4. The van der Waals surface area contributed by atoms with Gasteiger partial charge in [0.2, 0.25) is 0 Å². The van der Waals surface area contributed by atoms with Gasteiger partial charge in [-0.25, -0.2) is 0 Å². The molecule has 1 rings (SSSR count). The minimum atomic E-state index is -0.673. The van der Waals surface area contributed by atoms with Gasteiger partial charge in [0.1, 0.15) is 0 Å². The molecule has 0 aromatic rings. The topological polar surface area (TPSA) is 40.5 Å². The summed E-state index contributed by atoms with van der Waals surface area (Å²) in [4.78, 5) is 12.8. The molecule has 1 aliphatic rings. The molecule has 3 nitrogen and oxygen atoms in total.